The van der Waals surface area contributed by atoms with Crippen LogP contribution in [0.4, 0.5) is 17.1 Å². The van der Waals surface area contributed by atoms with Gasteiger partial charge in [-0.15, -0.1) is 11.3 Å². The lowest BCUT2D eigenvalue weighted by Gasteiger charge is -2.27. The van der Waals surface area contributed by atoms with Crippen LogP contribution >= 0.6 is 11.3 Å². The molecular formula is C60H40N2S. The predicted molar refractivity (Wildman–Crippen MR) is 270 cm³/mol. The largest absolute Gasteiger partial charge is 0.310 e. The van der Waals surface area contributed by atoms with E-state index in [1.807, 2.05) is 11.3 Å². The maximum atomic E-state index is 2.42. The van der Waals surface area contributed by atoms with E-state index in [9.17, 15) is 0 Å². The first-order chi connectivity index (χ1) is 31.2. The van der Waals surface area contributed by atoms with Gasteiger partial charge >= 0.3 is 0 Å². The van der Waals surface area contributed by atoms with Crippen LogP contribution in [0.2, 0.25) is 0 Å². The summed E-state index contributed by atoms with van der Waals surface area (Å²) in [6, 6.07) is 88.5. The Hall–Kier alpha value is -7.98. The molecule has 0 spiro atoms. The Morgan fingerprint density at radius 2 is 0.825 bits per heavy atom. The summed E-state index contributed by atoms with van der Waals surface area (Å²) in [6.45, 7) is 0. The Kier molecular flexibility index (Phi) is 9.06. The van der Waals surface area contributed by atoms with Gasteiger partial charge in [-0.25, -0.2) is 0 Å². The van der Waals surface area contributed by atoms with Gasteiger partial charge in [0, 0.05) is 53.7 Å². The van der Waals surface area contributed by atoms with E-state index >= 15 is 0 Å². The Morgan fingerprint density at radius 3 is 1.51 bits per heavy atom. The molecule has 0 radical (unpaired) electrons. The second-order valence-electron chi connectivity index (χ2n) is 16.1. The molecule has 0 aliphatic carbocycles. The van der Waals surface area contributed by atoms with Crippen LogP contribution in [0.1, 0.15) is 0 Å². The van der Waals surface area contributed by atoms with Crippen molar-refractivity contribution in [3.8, 4) is 50.2 Å². The molecule has 3 heteroatoms. The lowest BCUT2D eigenvalue weighted by atomic mass is 9.95. The predicted octanol–water partition coefficient (Wildman–Crippen LogP) is 17.3. The van der Waals surface area contributed by atoms with E-state index in [-0.39, 0.29) is 0 Å². The summed E-state index contributed by atoms with van der Waals surface area (Å²) >= 11 is 1.88. The number of hydrogen-bond donors (Lipinski definition) is 0. The molecule has 63 heavy (non-hydrogen) atoms. The lowest BCUT2D eigenvalue weighted by Crippen LogP contribution is -2.10. The fourth-order valence-electron chi connectivity index (χ4n) is 9.36. The molecule has 0 saturated carbocycles. The molecule has 0 saturated heterocycles. The molecule has 2 nitrogen and oxygen atoms in total. The smallest absolute Gasteiger partial charge is 0.0541 e. The van der Waals surface area contributed by atoms with E-state index in [1.165, 1.54) is 80.9 Å². The van der Waals surface area contributed by atoms with E-state index in [1.54, 1.807) is 0 Å². The molecule has 0 atom stereocenters. The van der Waals surface area contributed by atoms with Gasteiger partial charge in [-0.1, -0.05) is 164 Å². The van der Waals surface area contributed by atoms with Gasteiger partial charge < -0.3 is 9.47 Å². The van der Waals surface area contributed by atoms with E-state index in [0.29, 0.717) is 0 Å². The van der Waals surface area contributed by atoms with Crippen LogP contribution in [0.25, 0.3) is 92.2 Å². The van der Waals surface area contributed by atoms with Gasteiger partial charge in [-0.2, -0.15) is 0 Å². The van der Waals surface area contributed by atoms with Crippen molar-refractivity contribution in [3.63, 3.8) is 0 Å². The monoisotopic (exact) mass is 820 g/mol. The molecule has 0 N–H and O–H groups in total. The zero-order valence-corrected chi connectivity index (χ0v) is 35.2. The zero-order chi connectivity index (χ0) is 41.7. The Labute approximate surface area is 370 Å². The molecular weight excluding hydrogens is 781 g/mol. The Morgan fingerprint density at radius 1 is 0.302 bits per heavy atom. The number of anilines is 3. The second-order valence-corrected chi connectivity index (χ2v) is 17.2. The van der Waals surface area contributed by atoms with Crippen molar-refractivity contribution in [1.82, 2.24) is 4.57 Å². The Balaban J connectivity index is 1.09. The zero-order valence-electron chi connectivity index (χ0n) is 34.4. The molecule has 0 aliphatic rings. The molecule has 2 heterocycles. The molecule has 296 valence electrons. The Bertz CT molecular complexity index is 3500. The molecule has 0 unspecified atom stereocenters. The molecule has 0 aliphatic heterocycles. The quantitative estimate of drug-likeness (QED) is 0.148. The van der Waals surface area contributed by atoms with E-state index < -0.39 is 0 Å². The molecule has 12 rings (SSSR count). The van der Waals surface area contributed by atoms with E-state index in [4.69, 9.17) is 0 Å². The molecule has 0 bridgehead atoms. The first-order valence-electron chi connectivity index (χ1n) is 21.5. The van der Waals surface area contributed by atoms with Crippen molar-refractivity contribution in [2.45, 2.75) is 0 Å². The molecule has 0 fully saturated rings. The molecule has 0 amide bonds. The summed E-state index contributed by atoms with van der Waals surface area (Å²) in [4.78, 5) is 2.42. The van der Waals surface area contributed by atoms with Crippen molar-refractivity contribution in [2.24, 2.45) is 0 Å². The number of aromatic nitrogens is 1. The minimum atomic E-state index is 1.09. The van der Waals surface area contributed by atoms with Crippen LogP contribution in [-0.4, -0.2) is 4.57 Å². The number of benzene rings is 10. The van der Waals surface area contributed by atoms with Gasteiger partial charge in [0.15, 0.2) is 0 Å². The SMILES string of the molecule is c1ccc(-c2ccc(N(c3ccc(-c4ccccc4)cc3)c3cc(-c4ccc5c(c4)c4ccccc4n5-c4ccccc4)cc(-c4cccc5c4sc4ccccc45)c3)cc2)cc1. The summed E-state index contributed by atoms with van der Waals surface area (Å²) in [5.41, 5.74) is 16.3. The third-order valence-corrected chi connectivity index (χ3v) is 13.6. The van der Waals surface area contributed by atoms with Gasteiger partial charge in [-0.05, 0) is 123 Å². The highest BCUT2D eigenvalue weighted by Crippen LogP contribution is 2.45. The molecule has 2 aromatic heterocycles. The van der Waals surface area contributed by atoms with Crippen molar-refractivity contribution in [1.29, 1.82) is 0 Å². The lowest BCUT2D eigenvalue weighted by molar-refractivity contribution is 1.18. The number of para-hydroxylation sites is 2. The van der Waals surface area contributed by atoms with Crippen LogP contribution in [0.5, 0.6) is 0 Å². The van der Waals surface area contributed by atoms with Crippen molar-refractivity contribution >= 4 is 70.4 Å². The summed E-state index contributed by atoms with van der Waals surface area (Å²) in [5.74, 6) is 0. The van der Waals surface area contributed by atoms with Gasteiger partial charge in [0.2, 0.25) is 0 Å². The number of rotatable bonds is 8. The number of fused-ring (bicyclic) bond motifs is 6. The van der Waals surface area contributed by atoms with E-state index in [2.05, 4.69) is 252 Å². The minimum Gasteiger partial charge on any atom is -0.310 e. The van der Waals surface area contributed by atoms with Gasteiger partial charge in [0.05, 0.1) is 11.0 Å². The third-order valence-electron chi connectivity index (χ3n) is 12.4. The maximum Gasteiger partial charge on any atom is 0.0541 e. The van der Waals surface area contributed by atoms with Crippen LogP contribution in [-0.2, 0) is 0 Å². The summed E-state index contributed by atoms with van der Waals surface area (Å²) in [5, 5.41) is 5.06. The summed E-state index contributed by atoms with van der Waals surface area (Å²) < 4.78 is 4.99. The van der Waals surface area contributed by atoms with E-state index in [0.717, 1.165) is 28.3 Å². The van der Waals surface area contributed by atoms with Crippen LogP contribution in [0, 0.1) is 0 Å². The fraction of sp³-hybridized carbons (Fsp3) is 0. The average Bonchev–Trinajstić information content (AvgIpc) is 3.91. The highest BCUT2D eigenvalue weighted by Gasteiger charge is 2.20. The number of thiophene rings is 1. The van der Waals surface area contributed by atoms with Crippen LogP contribution in [0.15, 0.2) is 243 Å². The highest BCUT2D eigenvalue weighted by atomic mass is 32.1. The van der Waals surface area contributed by atoms with Crippen LogP contribution in [0.3, 0.4) is 0 Å². The van der Waals surface area contributed by atoms with Crippen molar-refractivity contribution in [3.05, 3.63) is 243 Å². The number of nitrogens with zero attached hydrogens (tertiary/aromatic N) is 2. The standard InChI is InChI=1S/C60H40N2S/c1-4-15-41(16-5-1)43-27-32-49(33-28-43)61(50-34-29-44(30-35-50)42-17-6-2-7-18-42)51-38-46(37-47(39-51)52-23-14-24-55-54-22-11-13-26-59(54)63-60(52)55)45-31-36-58-56(40-45)53-21-10-12-25-57(53)62(58)48-19-8-3-9-20-48/h1-40H. The van der Waals surface area contributed by atoms with Gasteiger partial charge in [-0.3, -0.25) is 0 Å². The molecule has 12 aromatic rings. The molecule has 10 aromatic carbocycles. The fourth-order valence-corrected chi connectivity index (χ4v) is 10.6. The third kappa shape index (κ3) is 6.58. The summed E-state index contributed by atoms with van der Waals surface area (Å²) in [7, 11) is 0. The average molecular weight is 821 g/mol. The highest BCUT2D eigenvalue weighted by molar-refractivity contribution is 7.26. The van der Waals surface area contributed by atoms with Crippen LogP contribution < -0.4 is 4.90 Å². The van der Waals surface area contributed by atoms with Gasteiger partial charge in [0.25, 0.3) is 0 Å². The van der Waals surface area contributed by atoms with Crippen molar-refractivity contribution < 1.29 is 0 Å². The number of hydrogen-bond acceptors (Lipinski definition) is 2. The normalized spacial score (nSPS) is 11.5. The maximum absolute atomic E-state index is 2.42. The van der Waals surface area contributed by atoms with Crippen molar-refractivity contribution in [2.75, 3.05) is 4.90 Å². The first kappa shape index (κ1) is 36.8. The topological polar surface area (TPSA) is 8.17 Å². The first-order valence-corrected chi connectivity index (χ1v) is 22.3. The summed E-state index contributed by atoms with van der Waals surface area (Å²) in [6.07, 6.45) is 0. The minimum absolute atomic E-state index is 1.09. The van der Waals surface area contributed by atoms with Gasteiger partial charge in [0.1, 0.15) is 0 Å². The second kappa shape index (κ2) is 15.5.